The number of nitrogens with zero attached hydrogens (tertiary/aromatic N) is 3. The number of carbonyl (C=O) groups is 1. The largest absolute Gasteiger partial charge is 0.379 e. The molecule has 0 radical (unpaired) electrons. The van der Waals surface area contributed by atoms with E-state index in [0.717, 1.165) is 63.6 Å². The van der Waals surface area contributed by atoms with Gasteiger partial charge in [-0.1, -0.05) is 6.07 Å². The molecule has 2 heterocycles. The monoisotopic (exact) mass is 317 g/mol. The van der Waals surface area contributed by atoms with Gasteiger partial charge < -0.3 is 14.5 Å². The van der Waals surface area contributed by atoms with Gasteiger partial charge in [-0.05, 0) is 30.5 Å². The van der Waals surface area contributed by atoms with E-state index < -0.39 is 0 Å². The van der Waals surface area contributed by atoms with Gasteiger partial charge in [-0.15, -0.1) is 0 Å². The summed E-state index contributed by atoms with van der Waals surface area (Å²) in [4.78, 5) is 19.2. The Hall–Kier alpha value is -1.59. The number of rotatable bonds is 4. The lowest BCUT2D eigenvalue weighted by molar-refractivity contribution is 0.0310. The number of amides is 1. The summed E-state index contributed by atoms with van der Waals surface area (Å²) in [5, 5.41) is 0. The first kappa shape index (κ1) is 16.3. The molecule has 1 aromatic rings. The van der Waals surface area contributed by atoms with E-state index in [9.17, 15) is 4.79 Å². The molecule has 0 saturated carbocycles. The van der Waals surface area contributed by atoms with Gasteiger partial charge in [0.1, 0.15) is 0 Å². The van der Waals surface area contributed by atoms with Crippen molar-refractivity contribution in [1.29, 1.82) is 0 Å². The Bertz CT molecular complexity index is 541. The minimum absolute atomic E-state index is 0.165. The van der Waals surface area contributed by atoms with E-state index in [4.69, 9.17) is 4.74 Å². The molecule has 1 aromatic carbocycles. The Kier molecular flexibility index (Phi) is 5.18. The molecular formula is C18H27N3O2. The smallest absolute Gasteiger partial charge is 0.253 e. The molecule has 2 aliphatic rings. The Morgan fingerprint density at radius 1 is 1.26 bits per heavy atom. The van der Waals surface area contributed by atoms with Gasteiger partial charge in [0, 0.05) is 58.1 Å². The lowest BCUT2D eigenvalue weighted by atomic mass is 10.1. The Morgan fingerprint density at radius 3 is 2.78 bits per heavy atom. The molecule has 0 N–H and O–H groups in total. The average molecular weight is 317 g/mol. The fourth-order valence-electron chi connectivity index (χ4n) is 3.41. The molecule has 5 nitrogen and oxygen atoms in total. The quantitative estimate of drug-likeness (QED) is 0.844. The van der Waals surface area contributed by atoms with E-state index in [0.29, 0.717) is 5.92 Å². The molecule has 0 unspecified atom stereocenters. The van der Waals surface area contributed by atoms with Crippen molar-refractivity contribution in [3.63, 3.8) is 0 Å². The van der Waals surface area contributed by atoms with Crippen LogP contribution in [-0.2, 0) is 4.74 Å². The van der Waals surface area contributed by atoms with Crippen LogP contribution in [0.5, 0.6) is 0 Å². The molecule has 2 fully saturated rings. The van der Waals surface area contributed by atoms with Crippen molar-refractivity contribution in [2.24, 2.45) is 5.92 Å². The average Bonchev–Trinajstić information content (AvgIpc) is 3.03. The van der Waals surface area contributed by atoms with Gasteiger partial charge in [0.25, 0.3) is 5.91 Å². The van der Waals surface area contributed by atoms with Crippen molar-refractivity contribution >= 4 is 11.6 Å². The van der Waals surface area contributed by atoms with Crippen molar-refractivity contribution in [3.05, 3.63) is 29.8 Å². The van der Waals surface area contributed by atoms with Crippen molar-refractivity contribution in [1.82, 2.24) is 9.80 Å². The molecule has 0 aliphatic carbocycles. The maximum atomic E-state index is 12.7. The third-order valence-corrected chi connectivity index (χ3v) is 4.80. The predicted molar refractivity (Wildman–Crippen MR) is 92.0 cm³/mol. The SMILES string of the molecule is CN(C)c1cccc(C(=O)N2CC[C@@H](CN3CCOCC3)C2)c1. The number of hydrogen-bond acceptors (Lipinski definition) is 4. The molecule has 0 bridgehead atoms. The molecule has 0 spiro atoms. The van der Waals surface area contributed by atoms with Gasteiger partial charge in [-0.3, -0.25) is 9.69 Å². The normalized spacial score (nSPS) is 22.3. The molecule has 5 heteroatoms. The number of hydrogen-bond donors (Lipinski definition) is 0. The molecule has 23 heavy (non-hydrogen) atoms. The second kappa shape index (κ2) is 7.32. The van der Waals surface area contributed by atoms with Crippen LogP contribution in [0, 0.1) is 5.92 Å². The van der Waals surface area contributed by atoms with E-state index >= 15 is 0 Å². The van der Waals surface area contributed by atoms with Crippen molar-refractivity contribution < 1.29 is 9.53 Å². The van der Waals surface area contributed by atoms with Gasteiger partial charge in [0.15, 0.2) is 0 Å². The zero-order valence-electron chi connectivity index (χ0n) is 14.2. The summed E-state index contributed by atoms with van der Waals surface area (Å²) in [5.41, 5.74) is 1.86. The third kappa shape index (κ3) is 4.03. The minimum Gasteiger partial charge on any atom is -0.379 e. The van der Waals surface area contributed by atoms with Crippen LogP contribution in [0.3, 0.4) is 0 Å². The van der Waals surface area contributed by atoms with Gasteiger partial charge >= 0.3 is 0 Å². The highest BCUT2D eigenvalue weighted by Gasteiger charge is 2.28. The first-order valence-electron chi connectivity index (χ1n) is 8.50. The Labute approximate surface area is 138 Å². The van der Waals surface area contributed by atoms with Crippen LogP contribution in [0.25, 0.3) is 0 Å². The van der Waals surface area contributed by atoms with Gasteiger partial charge in [0.2, 0.25) is 0 Å². The van der Waals surface area contributed by atoms with E-state index in [-0.39, 0.29) is 5.91 Å². The Balaban J connectivity index is 1.57. The van der Waals surface area contributed by atoms with Gasteiger partial charge in [-0.2, -0.15) is 0 Å². The molecular weight excluding hydrogens is 290 g/mol. The summed E-state index contributed by atoms with van der Waals surface area (Å²) in [6, 6.07) is 7.90. The molecule has 126 valence electrons. The van der Waals surface area contributed by atoms with Crippen LogP contribution in [0.1, 0.15) is 16.8 Å². The van der Waals surface area contributed by atoms with E-state index in [1.807, 2.05) is 48.2 Å². The Morgan fingerprint density at radius 2 is 2.04 bits per heavy atom. The highest BCUT2D eigenvalue weighted by atomic mass is 16.5. The second-order valence-corrected chi connectivity index (χ2v) is 6.76. The summed E-state index contributed by atoms with van der Waals surface area (Å²) in [7, 11) is 4.00. The fraction of sp³-hybridized carbons (Fsp3) is 0.611. The summed E-state index contributed by atoms with van der Waals surface area (Å²) in [6.07, 6.45) is 1.11. The van der Waals surface area contributed by atoms with E-state index in [2.05, 4.69) is 4.90 Å². The van der Waals surface area contributed by atoms with Gasteiger partial charge in [-0.25, -0.2) is 0 Å². The first-order valence-corrected chi connectivity index (χ1v) is 8.50. The summed E-state index contributed by atoms with van der Waals surface area (Å²) in [6.45, 7) is 6.57. The zero-order valence-corrected chi connectivity index (χ0v) is 14.2. The maximum Gasteiger partial charge on any atom is 0.253 e. The number of benzene rings is 1. The summed E-state index contributed by atoms with van der Waals surface area (Å²) < 4.78 is 5.40. The standard InChI is InChI=1S/C18H27N3O2/c1-19(2)17-5-3-4-16(12-17)18(22)21-7-6-15(14-21)13-20-8-10-23-11-9-20/h3-5,12,15H,6-11,13-14H2,1-2H3/t15-/m0/s1. The van der Waals surface area contributed by atoms with E-state index in [1.165, 1.54) is 0 Å². The number of anilines is 1. The lowest BCUT2D eigenvalue weighted by Crippen LogP contribution is -2.40. The van der Waals surface area contributed by atoms with Crippen LogP contribution >= 0.6 is 0 Å². The lowest BCUT2D eigenvalue weighted by Gasteiger charge is -2.29. The van der Waals surface area contributed by atoms with E-state index in [1.54, 1.807) is 0 Å². The molecule has 0 aromatic heterocycles. The van der Waals surface area contributed by atoms with Gasteiger partial charge in [0.05, 0.1) is 13.2 Å². The maximum absolute atomic E-state index is 12.7. The minimum atomic E-state index is 0.165. The number of carbonyl (C=O) groups excluding carboxylic acids is 1. The number of likely N-dealkylation sites (tertiary alicyclic amines) is 1. The third-order valence-electron chi connectivity index (χ3n) is 4.80. The van der Waals surface area contributed by atoms with Crippen LogP contribution in [0.4, 0.5) is 5.69 Å². The van der Waals surface area contributed by atoms with Crippen molar-refractivity contribution in [3.8, 4) is 0 Å². The summed E-state index contributed by atoms with van der Waals surface area (Å²) >= 11 is 0. The number of ether oxygens (including phenoxy) is 1. The zero-order chi connectivity index (χ0) is 16.2. The molecule has 2 aliphatic heterocycles. The van der Waals surface area contributed by atoms with Crippen LogP contribution in [-0.4, -0.2) is 75.7 Å². The van der Waals surface area contributed by atoms with Crippen LogP contribution in [0.2, 0.25) is 0 Å². The molecule has 2 saturated heterocycles. The molecule has 3 rings (SSSR count). The van der Waals surface area contributed by atoms with Crippen LogP contribution in [0.15, 0.2) is 24.3 Å². The highest BCUT2D eigenvalue weighted by Crippen LogP contribution is 2.22. The first-order chi connectivity index (χ1) is 11.1. The second-order valence-electron chi connectivity index (χ2n) is 6.76. The molecule has 1 amide bonds. The van der Waals surface area contributed by atoms with Crippen molar-refractivity contribution in [2.75, 3.05) is 64.9 Å². The predicted octanol–water partition coefficient (Wildman–Crippen LogP) is 1.55. The van der Waals surface area contributed by atoms with Crippen LogP contribution < -0.4 is 4.90 Å². The van der Waals surface area contributed by atoms with Crippen molar-refractivity contribution in [2.45, 2.75) is 6.42 Å². The number of morpholine rings is 1. The fourth-order valence-corrected chi connectivity index (χ4v) is 3.41. The highest BCUT2D eigenvalue weighted by molar-refractivity contribution is 5.95. The summed E-state index contributed by atoms with van der Waals surface area (Å²) in [5.74, 6) is 0.757. The molecule has 1 atom stereocenters. The topological polar surface area (TPSA) is 36.0 Å².